The Morgan fingerprint density at radius 1 is 1.39 bits per heavy atom. The molecule has 126 valence electrons. The van der Waals surface area contributed by atoms with E-state index in [9.17, 15) is 12.8 Å². The summed E-state index contributed by atoms with van der Waals surface area (Å²) in [7, 11) is -1.97. The van der Waals surface area contributed by atoms with E-state index in [1.807, 2.05) is 0 Å². The molecule has 0 amide bonds. The molecular weight excluding hydrogens is 351 g/mol. The monoisotopic (exact) mass is 364 g/mol. The third kappa shape index (κ3) is 3.52. The third-order valence-corrected chi connectivity index (χ3v) is 4.65. The maximum Gasteiger partial charge on any atom is 0.330 e. The molecule has 1 aromatic carbocycles. The average Bonchev–Trinajstić information content (AvgIpc) is 2.89. The fraction of sp³-hybridized carbons (Fsp3) is 0.250. The second-order valence-corrected chi connectivity index (χ2v) is 6.76. The van der Waals surface area contributed by atoms with Crippen LogP contribution in [-0.4, -0.2) is 37.6 Å². The second-order valence-electron chi connectivity index (χ2n) is 4.26. The minimum Gasteiger partial charge on any atom is -0.493 e. The van der Waals surface area contributed by atoms with E-state index >= 15 is 0 Å². The molecule has 0 atom stereocenters. The molecule has 11 heteroatoms. The molecule has 2 rings (SSSR count). The van der Waals surface area contributed by atoms with Gasteiger partial charge in [0.05, 0.1) is 20.8 Å². The van der Waals surface area contributed by atoms with Gasteiger partial charge in [0, 0.05) is 21.0 Å². The predicted molar refractivity (Wildman–Crippen MR) is 82.5 cm³/mol. The molecule has 2 aromatic rings. The zero-order valence-electron chi connectivity index (χ0n) is 12.0. The van der Waals surface area contributed by atoms with Crippen molar-refractivity contribution in [3.05, 3.63) is 22.8 Å². The first kappa shape index (κ1) is 17.4. The van der Waals surface area contributed by atoms with Crippen LogP contribution in [0.4, 0.5) is 4.39 Å². The highest BCUT2D eigenvalue weighted by Crippen LogP contribution is 2.39. The second kappa shape index (κ2) is 6.66. The molecule has 0 spiro atoms. The SMILES string of the molecule is COc1cc2sc(CN=C(NO)S(=O)(=O)O)cc2c(F)c1OC. The number of benzene rings is 1. The number of ether oxygens (including phenoxy) is 2. The predicted octanol–water partition coefficient (Wildman–Crippen LogP) is 1.78. The third-order valence-electron chi connectivity index (χ3n) is 2.88. The molecule has 0 fully saturated rings. The Labute approximate surface area is 134 Å². The first-order valence-corrected chi connectivity index (χ1v) is 8.32. The highest BCUT2D eigenvalue weighted by atomic mass is 32.2. The lowest BCUT2D eigenvalue weighted by molar-refractivity contribution is 0.236. The number of halogens is 1. The molecule has 23 heavy (non-hydrogen) atoms. The molecule has 0 aliphatic carbocycles. The summed E-state index contributed by atoms with van der Waals surface area (Å²) >= 11 is 1.15. The van der Waals surface area contributed by atoms with Crippen LogP contribution in [0.5, 0.6) is 11.5 Å². The van der Waals surface area contributed by atoms with Gasteiger partial charge in [0.25, 0.3) is 5.17 Å². The lowest BCUT2D eigenvalue weighted by atomic mass is 10.2. The number of hydrogen-bond donors (Lipinski definition) is 3. The molecule has 0 saturated heterocycles. The summed E-state index contributed by atoms with van der Waals surface area (Å²) in [6.45, 7) is -0.188. The smallest absolute Gasteiger partial charge is 0.330 e. The quantitative estimate of drug-likeness (QED) is 0.328. The van der Waals surface area contributed by atoms with Crippen molar-refractivity contribution in [2.45, 2.75) is 6.54 Å². The Morgan fingerprint density at radius 3 is 2.61 bits per heavy atom. The van der Waals surface area contributed by atoms with Crippen LogP contribution in [0.2, 0.25) is 0 Å². The van der Waals surface area contributed by atoms with E-state index in [2.05, 4.69) is 4.99 Å². The fourth-order valence-electron chi connectivity index (χ4n) is 1.90. The Balaban J connectivity index is 2.45. The van der Waals surface area contributed by atoms with Crippen LogP contribution in [-0.2, 0) is 16.7 Å². The molecule has 0 aliphatic heterocycles. The van der Waals surface area contributed by atoms with Gasteiger partial charge in [-0.3, -0.25) is 9.76 Å². The molecule has 0 bridgehead atoms. The number of hydroxylamine groups is 1. The molecule has 3 N–H and O–H groups in total. The zero-order valence-corrected chi connectivity index (χ0v) is 13.7. The Bertz CT molecular complexity index is 862. The van der Waals surface area contributed by atoms with Crippen molar-refractivity contribution < 1.29 is 32.0 Å². The standard InChI is InChI=1S/C12H13FN2O6S2/c1-20-8-4-9-7(10(13)11(8)21-2)3-6(22-9)5-14-12(15-16)23(17,18)19/h3-4,16H,5H2,1-2H3,(H,14,15)(H,17,18,19). The molecule has 8 nitrogen and oxygen atoms in total. The lowest BCUT2D eigenvalue weighted by Gasteiger charge is -2.08. The van der Waals surface area contributed by atoms with E-state index < -0.39 is 21.1 Å². The maximum atomic E-state index is 14.4. The van der Waals surface area contributed by atoms with Gasteiger partial charge in [-0.1, -0.05) is 0 Å². The molecule has 0 unspecified atom stereocenters. The first-order chi connectivity index (χ1) is 10.8. The number of methoxy groups -OCH3 is 2. The number of fused-ring (bicyclic) bond motifs is 1. The van der Waals surface area contributed by atoms with Gasteiger partial charge in [-0.05, 0) is 6.07 Å². The molecule has 0 radical (unpaired) electrons. The Kier molecular flexibility index (Phi) is 5.04. The van der Waals surface area contributed by atoms with E-state index in [1.165, 1.54) is 25.8 Å². The van der Waals surface area contributed by atoms with Gasteiger partial charge in [0.1, 0.15) is 0 Å². The number of amidine groups is 1. The zero-order chi connectivity index (χ0) is 17.2. The summed E-state index contributed by atoms with van der Waals surface area (Å²) in [5, 5.41) is 7.92. The minimum atomic E-state index is -4.67. The van der Waals surface area contributed by atoms with Crippen molar-refractivity contribution >= 4 is 36.7 Å². The summed E-state index contributed by atoms with van der Waals surface area (Å²) < 4.78 is 55.5. The van der Waals surface area contributed by atoms with Crippen LogP contribution in [0.1, 0.15) is 4.88 Å². The summed E-state index contributed by atoms with van der Waals surface area (Å²) in [5.74, 6) is -0.419. The van der Waals surface area contributed by atoms with Crippen molar-refractivity contribution in [3.8, 4) is 11.5 Å². The molecule has 0 saturated carbocycles. The van der Waals surface area contributed by atoms with E-state index in [1.54, 1.807) is 6.07 Å². The van der Waals surface area contributed by atoms with E-state index in [-0.39, 0.29) is 23.4 Å². The van der Waals surface area contributed by atoms with Crippen molar-refractivity contribution in [2.75, 3.05) is 14.2 Å². The summed E-state index contributed by atoms with van der Waals surface area (Å²) in [6, 6.07) is 3.06. The summed E-state index contributed by atoms with van der Waals surface area (Å²) in [5.41, 5.74) is 1.30. The molecule has 0 aliphatic rings. The van der Waals surface area contributed by atoms with Gasteiger partial charge in [0.15, 0.2) is 17.3 Å². The average molecular weight is 364 g/mol. The topological polar surface area (TPSA) is 117 Å². The first-order valence-electron chi connectivity index (χ1n) is 6.06. The Hall–Kier alpha value is -1.95. The number of thiophene rings is 1. The van der Waals surface area contributed by atoms with Gasteiger partial charge in [-0.25, -0.2) is 14.9 Å². The number of hydrogen-bond acceptors (Lipinski definition) is 7. The van der Waals surface area contributed by atoms with E-state index in [0.29, 0.717) is 9.58 Å². The van der Waals surface area contributed by atoms with Crippen LogP contribution in [0.3, 0.4) is 0 Å². The number of aliphatic imine (C=N–C) groups is 1. The van der Waals surface area contributed by atoms with Crippen LogP contribution in [0, 0.1) is 5.82 Å². The van der Waals surface area contributed by atoms with Crippen molar-refractivity contribution in [1.29, 1.82) is 0 Å². The maximum absolute atomic E-state index is 14.4. The fourth-order valence-corrected chi connectivity index (χ4v) is 3.25. The number of rotatable bonds is 4. The van der Waals surface area contributed by atoms with Crippen LogP contribution in [0.25, 0.3) is 10.1 Å². The van der Waals surface area contributed by atoms with Gasteiger partial charge in [0.2, 0.25) is 0 Å². The highest BCUT2D eigenvalue weighted by molar-refractivity contribution is 8.01. The summed E-state index contributed by atoms with van der Waals surface area (Å²) in [6.07, 6.45) is 0. The molecule has 1 aromatic heterocycles. The van der Waals surface area contributed by atoms with E-state index in [4.69, 9.17) is 19.2 Å². The van der Waals surface area contributed by atoms with Crippen LogP contribution >= 0.6 is 11.3 Å². The lowest BCUT2D eigenvalue weighted by Crippen LogP contribution is -2.28. The highest BCUT2D eigenvalue weighted by Gasteiger charge is 2.18. The van der Waals surface area contributed by atoms with E-state index in [0.717, 1.165) is 11.3 Å². The Morgan fingerprint density at radius 2 is 2.09 bits per heavy atom. The normalized spacial score (nSPS) is 12.5. The van der Waals surface area contributed by atoms with Crippen molar-refractivity contribution in [1.82, 2.24) is 5.48 Å². The van der Waals surface area contributed by atoms with Crippen LogP contribution in [0.15, 0.2) is 17.1 Å². The number of nitrogens with one attached hydrogen (secondary N) is 1. The van der Waals surface area contributed by atoms with Crippen molar-refractivity contribution in [3.63, 3.8) is 0 Å². The van der Waals surface area contributed by atoms with Gasteiger partial charge in [-0.15, -0.1) is 11.3 Å². The minimum absolute atomic E-state index is 0.0384. The molecular formula is C12H13FN2O6S2. The largest absolute Gasteiger partial charge is 0.493 e. The number of nitrogens with zero attached hydrogens (tertiary/aromatic N) is 1. The van der Waals surface area contributed by atoms with Gasteiger partial charge in [-0.2, -0.15) is 8.42 Å². The van der Waals surface area contributed by atoms with Gasteiger partial charge < -0.3 is 9.47 Å². The van der Waals surface area contributed by atoms with Gasteiger partial charge >= 0.3 is 10.1 Å². The van der Waals surface area contributed by atoms with Crippen molar-refractivity contribution in [2.24, 2.45) is 4.99 Å². The summed E-state index contributed by atoms with van der Waals surface area (Å²) in [4.78, 5) is 4.04. The van der Waals surface area contributed by atoms with Crippen LogP contribution < -0.4 is 15.0 Å². The molecule has 1 heterocycles.